The highest BCUT2D eigenvalue weighted by atomic mass is 16.6. The van der Waals surface area contributed by atoms with Crippen LogP contribution in [0.1, 0.15) is 48.0 Å². The fourth-order valence-electron chi connectivity index (χ4n) is 2.35. The molecule has 0 aromatic heterocycles. The van der Waals surface area contributed by atoms with Crippen molar-refractivity contribution in [3.63, 3.8) is 0 Å². The molecule has 110 valence electrons. The topological polar surface area (TPSA) is 55.8 Å². The van der Waals surface area contributed by atoms with E-state index in [0.717, 1.165) is 0 Å². The van der Waals surface area contributed by atoms with E-state index >= 15 is 0 Å². The van der Waals surface area contributed by atoms with Gasteiger partial charge in [0, 0.05) is 6.04 Å². The average molecular weight is 271 g/mol. The van der Waals surface area contributed by atoms with E-state index in [2.05, 4.69) is 0 Å². The van der Waals surface area contributed by atoms with Crippen molar-refractivity contribution in [2.24, 2.45) is 5.41 Å². The Labute approximate surface area is 115 Å². The van der Waals surface area contributed by atoms with E-state index in [0.29, 0.717) is 6.42 Å². The molecule has 0 saturated carbocycles. The number of nitrogens with zero attached hydrogens (tertiary/aromatic N) is 1. The number of esters is 1. The molecule has 1 heterocycles. The molecule has 0 bridgehead atoms. The number of hydrogen-bond acceptors (Lipinski definition) is 4. The molecule has 0 aromatic carbocycles. The molecule has 0 spiro atoms. The van der Waals surface area contributed by atoms with Crippen molar-refractivity contribution in [1.29, 1.82) is 0 Å². The maximum atomic E-state index is 12.3. The van der Waals surface area contributed by atoms with E-state index < -0.39 is 17.7 Å². The van der Waals surface area contributed by atoms with Gasteiger partial charge in [-0.25, -0.2) is 9.59 Å². The van der Waals surface area contributed by atoms with Crippen LogP contribution < -0.4 is 0 Å². The van der Waals surface area contributed by atoms with E-state index in [1.165, 1.54) is 12.0 Å². The molecule has 1 rings (SSSR count). The average Bonchev–Trinajstić information content (AvgIpc) is 2.47. The largest absolute Gasteiger partial charge is 0.467 e. The standard InChI is InChI=1S/C14H25NO4/c1-9-14(5,6)8-10(11(16)18-7)15(9)12(17)19-13(2,3)4/h9-10H,8H2,1-7H3/t9-,10-/m0/s1. The van der Waals surface area contributed by atoms with Gasteiger partial charge in [0.15, 0.2) is 0 Å². The third-order valence-corrected chi connectivity index (χ3v) is 3.68. The number of methoxy groups -OCH3 is 1. The van der Waals surface area contributed by atoms with Crippen molar-refractivity contribution in [3.05, 3.63) is 0 Å². The second-order valence-electron chi connectivity index (χ2n) is 6.80. The molecule has 1 saturated heterocycles. The summed E-state index contributed by atoms with van der Waals surface area (Å²) in [6, 6.07) is -0.642. The Kier molecular flexibility index (Phi) is 4.17. The van der Waals surface area contributed by atoms with Crippen LogP contribution in [0.4, 0.5) is 4.79 Å². The summed E-state index contributed by atoms with van der Waals surface area (Å²) in [6.45, 7) is 11.4. The zero-order valence-electron chi connectivity index (χ0n) is 12.9. The molecule has 0 aliphatic carbocycles. The molecular formula is C14H25NO4. The fraction of sp³-hybridized carbons (Fsp3) is 0.857. The highest BCUT2D eigenvalue weighted by Gasteiger charge is 2.50. The van der Waals surface area contributed by atoms with E-state index in [-0.39, 0.29) is 17.4 Å². The summed E-state index contributed by atoms with van der Waals surface area (Å²) < 4.78 is 10.2. The predicted octanol–water partition coefficient (Wildman–Crippen LogP) is 2.58. The number of hydrogen-bond donors (Lipinski definition) is 0. The number of carbonyl (C=O) groups excluding carboxylic acids is 2. The Bertz CT molecular complexity index is 370. The fourth-order valence-corrected chi connectivity index (χ4v) is 2.35. The lowest BCUT2D eigenvalue weighted by Gasteiger charge is -2.32. The Morgan fingerprint density at radius 3 is 2.21 bits per heavy atom. The van der Waals surface area contributed by atoms with Crippen molar-refractivity contribution in [2.75, 3.05) is 7.11 Å². The van der Waals surface area contributed by atoms with Crippen LogP contribution in [0, 0.1) is 5.41 Å². The second kappa shape index (κ2) is 5.02. The van der Waals surface area contributed by atoms with Gasteiger partial charge in [0.2, 0.25) is 0 Å². The Morgan fingerprint density at radius 1 is 1.26 bits per heavy atom. The van der Waals surface area contributed by atoms with Gasteiger partial charge in [-0.05, 0) is 39.5 Å². The molecule has 2 atom stereocenters. The number of ether oxygens (including phenoxy) is 2. The molecule has 0 radical (unpaired) electrons. The maximum absolute atomic E-state index is 12.3. The minimum atomic E-state index is -0.579. The first kappa shape index (κ1) is 15.8. The van der Waals surface area contributed by atoms with Gasteiger partial charge >= 0.3 is 12.1 Å². The summed E-state index contributed by atoms with van der Waals surface area (Å²) in [4.78, 5) is 25.7. The van der Waals surface area contributed by atoms with Crippen LogP contribution in [-0.2, 0) is 14.3 Å². The lowest BCUT2D eigenvalue weighted by molar-refractivity contribution is -0.146. The number of carbonyl (C=O) groups is 2. The van der Waals surface area contributed by atoms with Gasteiger partial charge in [0.05, 0.1) is 7.11 Å². The van der Waals surface area contributed by atoms with Gasteiger partial charge in [-0.3, -0.25) is 4.90 Å². The number of rotatable bonds is 1. The predicted molar refractivity (Wildman–Crippen MR) is 71.7 cm³/mol. The summed E-state index contributed by atoms with van der Waals surface area (Å²) in [6.07, 6.45) is 0.126. The van der Waals surface area contributed by atoms with Crippen LogP contribution in [0.2, 0.25) is 0 Å². The molecule has 0 aromatic rings. The normalized spacial score (nSPS) is 26.2. The second-order valence-corrected chi connectivity index (χ2v) is 6.80. The minimum Gasteiger partial charge on any atom is -0.467 e. The van der Waals surface area contributed by atoms with Gasteiger partial charge < -0.3 is 9.47 Å². The Hall–Kier alpha value is -1.26. The van der Waals surface area contributed by atoms with Crippen LogP contribution in [0.3, 0.4) is 0 Å². The quantitative estimate of drug-likeness (QED) is 0.688. The summed E-state index contributed by atoms with van der Waals surface area (Å²) in [7, 11) is 1.34. The first-order valence-electron chi connectivity index (χ1n) is 6.59. The van der Waals surface area contributed by atoms with Crippen molar-refractivity contribution < 1.29 is 19.1 Å². The van der Waals surface area contributed by atoms with Crippen molar-refractivity contribution in [3.8, 4) is 0 Å². The molecule has 5 heteroatoms. The van der Waals surface area contributed by atoms with E-state index in [1.54, 1.807) is 0 Å². The maximum Gasteiger partial charge on any atom is 0.411 e. The monoisotopic (exact) mass is 271 g/mol. The summed E-state index contributed by atoms with van der Waals surface area (Å²) >= 11 is 0. The molecule has 1 fully saturated rings. The molecule has 0 unspecified atom stereocenters. The van der Waals surface area contributed by atoms with Crippen LogP contribution in [0.15, 0.2) is 0 Å². The molecule has 5 nitrogen and oxygen atoms in total. The van der Waals surface area contributed by atoms with Crippen molar-refractivity contribution in [2.45, 2.75) is 65.6 Å². The Morgan fingerprint density at radius 2 is 1.79 bits per heavy atom. The lowest BCUT2D eigenvalue weighted by Crippen LogP contribution is -2.47. The summed E-state index contributed by atoms with van der Waals surface area (Å²) in [5, 5.41) is 0. The van der Waals surface area contributed by atoms with Crippen LogP contribution in [0.25, 0.3) is 0 Å². The molecule has 1 aliphatic heterocycles. The van der Waals surface area contributed by atoms with Crippen LogP contribution in [0.5, 0.6) is 0 Å². The van der Waals surface area contributed by atoms with E-state index in [9.17, 15) is 9.59 Å². The molecule has 19 heavy (non-hydrogen) atoms. The smallest absolute Gasteiger partial charge is 0.411 e. The minimum absolute atomic E-state index is 0.0774. The van der Waals surface area contributed by atoms with Gasteiger partial charge in [0.25, 0.3) is 0 Å². The van der Waals surface area contributed by atoms with Crippen LogP contribution in [-0.4, -0.2) is 41.8 Å². The Balaban J connectivity index is 2.99. The number of likely N-dealkylation sites (tertiary alicyclic amines) is 1. The highest BCUT2D eigenvalue weighted by Crippen LogP contribution is 2.41. The van der Waals surface area contributed by atoms with Gasteiger partial charge in [-0.1, -0.05) is 13.8 Å². The first-order valence-corrected chi connectivity index (χ1v) is 6.59. The SMILES string of the molecule is COC(=O)[C@@H]1CC(C)(C)[C@H](C)N1C(=O)OC(C)(C)C. The van der Waals surface area contributed by atoms with Gasteiger partial charge in [-0.2, -0.15) is 0 Å². The first-order chi connectivity index (χ1) is 8.49. The highest BCUT2D eigenvalue weighted by molar-refractivity contribution is 5.82. The molecule has 1 aliphatic rings. The van der Waals surface area contributed by atoms with E-state index in [4.69, 9.17) is 9.47 Å². The molecule has 0 N–H and O–H groups in total. The zero-order chi connectivity index (χ0) is 15.0. The molecular weight excluding hydrogens is 246 g/mol. The molecule has 1 amide bonds. The summed E-state index contributed by atoms with van der Waals surface area (Å²) in [5.74, 6) is -0.386. The number of amides is 1. The zero-order valence-corrected chi connectivity index (χ0v) is 12.9. The van der Waals surface area contributed by atoms with Gasteiger partial charge in [0.1, 0.15) is 11.6 Å². The lowest BCUT2D eigenvalue weighted by atomic mass is 9.84. The van der Waals surface area contributed by atoms with Crippen molar-refractivity contribution in [1.82, 2.24) is 4.90 Å². The van der Waals surface area contributed by atoms with Crippen molar-refractivity contribution >= 4 is 12.1 Å². The van der Waals surface area contributed by atoms with Crippen LogP contribution >= 0.6 is 0 Å². The van der Waals surface area contributed by atoms with E-state index in [1.807, 2.05) is 41.5 Å². The summed E-state index contributed by atoms with van der Waals surface area (Å²) in [5.41, 5.74) is -0.722. The third kappa shape index (κ3) is 3.39. The van der Waals surface area contributed by atoms with Gasteiger partial charge in [-0.15, -0.1) is 0 Å². The third-order valence-electron chi connectivity index (χ3n) is 3.68.